The van der Waals surface area contributed by atoms with E-state index < -0.39 is 0 Å². The van der Waals surface area contributed by atoms with E-state index in [1.165, 1.54) is 18.2 Å². The summed E-state index contributed by atoms with van der Waals surface area (Å²) in [6.45, 7) is 1.08. The van der Waals surface area contributed by atoms with Crippen molar-refractivity contribution in [2.24, 2.45) is 5.73 Å². The molecular formula is C8H10ClFN2. The molecule has 0 atom stereocenters. The van der Waals surface area contributed by atoms with Crippen molar-refractivity contribution in [1.82, 2.24) is 0 Å². The first-order chi connectivity index (χ1) is 5.74. The zero-order valence-electron chi connectivity index (χ0n) is 6.48. The third-order valence-electron chi connectivity index (χ3n) is 1.39. The van der Waals surface area contributed by atoms with Gasteiger partial charge in [0.2, 0.25) is 0 Å². The fourth-order valence-corrected chi connectivity index (χ4v) is 1.02. The molecule has 0 aliphatic heterocycles. The third kappa shape index (κ3) is 2.36. The number of hydrogen-bond donors (Lipinski definition) is 2. The molecule has 4 heteroatoms. The van der Waals surface area contributed by atoms with Gasteiger partial charge in [0.15, 0.2) is 0 Å². The lowest BCUT2D eigenvalue weighted by Gasteiger charge is -2.06. The lowest BCUT2D eigenvalue weighted by atomic mass is 10.3. The highest BCUT2D eigenvalue weighted by molar-refractivity contribution is 6.33. The van der Waals surface area contributed by atoms with Gasteiger partial charge in [0.1, 0.15) is 5.82 Å². The molecule has 0 saturated heterocycles. The molecule has 12 heavy (non-hydrogen) atoms. The van der Waals surface area contributed by atoms with Gasteiger partial charge in [0, 0.05) is 13.1 Å². The molecule has 0 bridgehead atoms. The second-order valence-electron chi connectivity index (χ2n) is 2.34. The Balaban J connectivity index is 2.75. The van der Waals surface area contributed by atoms with Gasteiger partial charge in [-0.25, -0.2) is 4.39 Å². The molecule has 66 valence electrons. The van der Waals surface area contributed by atoms with Gasteiger partial charge in [-0.1, -0.05) is 11.6 Å². The Morgan fingerprint density at radius 3 is 2.92 bits per heavy atom. The van der Waals surface area contributed by atoms with Crippen molar-refractivity contribution in [3.63, 3.8) is 0 Å². The van der Waals surface area contributed by atoms with Gasteiger partial charge in [0.05, 0.1) is 10.7 Å². The van der Waals surface area contributed by atoms with Crippen molar-refractivity contribution in [2.45, 2.75) is 0 Å². The van der Waals surface area contributed by atoms with E-state index in [1.54, 1.807) is 0 Å². The normalized spacial score (nSPS) is 9.92. The Hall–Kier alpha value is -0.800. The molecule has 2 nitrogen and oxygen atoms in total. The maximum atomic E-state index is 12.6. The van der Waals surface area contributed by atoms with Crippen LogP contribution in [0.5, 0.6) is 0 Å². The van der Waals surface area contributed by atoms with Crippen molar-refractivity contribution in [3.05, 3.63) is 29.0 Å². The first-order valence-electron chi connectivity index (χ1n) is 3.63. The van der Waals surface area contributed by atoms with Gasteiger partial charge in [0.25, 0.3) is 0 Å². The summed E-state index contributed by atoms with van der Waals surface area (Å²) in [5.41, 5.74) is 5.85. The number of halogens is 2. The average molecular weight is 189 g/mol. The Bertz CT molecular complexity index is 265. The number of nitrogens with one attached hydrogen (secondary N) is 1. The van der Waals surface area contributed by atoms with E-state index in [2.05, 4.69) is 5.32 Å². The average Bonchev–Trinajstić information content (AvgIpc) is 2.07. The van der Waals surface area contributed by atoms with Gasteiger partial charge in [-0.15, -0.1) is 0 Å². The monoisotopic (exact) mass is 188 g/mol. The molecule has 0 amide bonds. The SMILES string of the molecule is NCCNc1cc(F)ccc1Cl. The number of nitrogens with two attached hydrogens (primary N) is 1. The third-order valence-corrected chi connectivity index (χ3v) is 1.72. The molecule has 0 heterocycles. The quantitative estimate of drug-likeness (QED) is 0.760. The van der Waals surface area contributed by atoms with Crippen LogP contribution in [0.3, 0.4) is 0 Å². The molecule has 1 rings (SSSR count). The minimum atomic E-state index is -0.307. The number of hydrogen-bond acceptors (Lipinski definition) is 2. The molecule has 0 unspecified atom stereocenters. The summed E-state index contributed by atoms with van der Waals surface area (Å²) in [5, 5.41) is 3.41. The van der Waals surface area contributed by atoms with E-state index in [0.29, 0.717) is 23.8 Å². The van der Waals surface area contributed by atoms with Crippen LogP contribution in [0.1, 0.15) is 0 Å². The minimum absolute atomic E-state index is 0.307. The van der Waals surface area contributed by atoms with Gasteiger partial charge in [-0.05, 0) is 18.2 Å². The maximum absolute atomic E-state index is 12.6. The van der Waals surface area contributed by atoms with Crippen LogP contribution in [0.25, 0.3) is 0 Å². The van der Waals surface area contributed by atoms with Crippen molar-refractivity contribution in [3.8, 4) is 0 Å². The van der Waals surface area contributed by atoms with E-state index in [4.69, 9.17) is 17.3 Å². The largest absolute Gasteiger partial charge is 0.382 e. The van der Waals surface area contributed by atoms with Gasteiger partial charge < -0.3 is 11.1 Å². The van der Waals surface area contributed by atoms with Crippen LogP contribution in [0.4, 0.5) is 10.1 Å². The van der Waals surface area contributed by atoms with E-state index >= 15 is 0 Å². The topological polar surface area (TPSA) is 38.0 Å². The van der Waals surface area contributed by atoms with E-state index in [9.17, 15) is 4.39 Å². The fraction of sp³-hybridized carbons (Fsp3) is 0.250. The molecular weight excluding hydrogens is 179 g/mol. The van der Waals surface area contributed by atoms with Crippen LogP contribution >= 0.6 is 11.6 Å². The molecule has 0 aliphatic carbocycles. The van der Waals surface area contributed by atoms with Crippen LogP contribution in [-0.4, -0.2) is 13.1 Å². The second kappa shape index (κ2) is 4.28. The van der Waals surface area contributed by atoms with Crippen molar-refractivity contribution in [2.75, 3.05) is 18.4 Å². The first-order valence-corrected chi connectivity index (χ1v) is 4.01. The molecule has 0 aromatic heterocycles. The molecule has 0 aliphatic rings. The molecule has 0 radical (unpaired) electrons. The van der Waals surface area contributed by atoms with E-state index in [-0.39, 0.29) is 5.82 Å². The minimum Gasteiger partial charge on any atom is -0.382 e. The number of benzene rings is 1. The molecule has 1 aromatic rings. The number of anilines is 1. The van der Waals surface area contributed by atoms with Crippen LogP contribution in [0, 0.1) is 5.82 Å². The molecule has 0 saturated carbocycles. The Morgan fingerprint density at radius 1 is 1.50 bits per heavy atom. The summed E-state index contributed by atoms with van der Waals surface area (Å²) < 4.78 is 12.6. The fourth-order valence-electron chi connectivity index (χ4n) is 0.840. The van der Waals surface area contributed by atoms with Crippen molar-refractivity contribution >= 4 is 17.3 Å². The summed E-state index contributed by atoms with van der Waals surface area (Å²) in [4.78, 5) is 0. The van der Waals surface area contributed by atoms with Crippen molar-refractivity contribution < 1.29 is 4.39 Å². The Labute approximate surface area is 75.5 Å². The van der Waals surface area contributed by atoms with Gasteiger partial charge in [-0.3, -0.25) is 0 Å². The molecule has 0 fully saturated rings. The summed E-state index contributed by atoms with van der Waals surface area (Å²) >= 11 is 5.76. The highest BCUT2D eigenvalue weighted by Crippen LogP contribution is 2.21. The summed E-state index contributed by atoms with van der Waals surface area (Å²) in [7, 11) is 0. The predicted octanol–water partition coefficient (Wildman–Crippen LogP) is 1.85. The van der Waals surface area contributed by atoms with Gasteiger partial charge >= 0.3 is 0 Å². The maximum Gasteiger partial charge on any atom is 0.125 e. The summed E-state index contributed by atoms with van der Waals surface area (Å²) in [5.74, 6) is -0.307. The standard InChI is InChI=1S/C8H10ClFN2/c9-7-2-1-6(10)5-8(7)12-4-3-11/h1-2,5,12H,3-4,11H2. The molecule has 1 aromatic carbocycles. The predicted molar refractivity (Wildman–Crippen MR) is 49.0 cm³/mol. The lowest BCUT2D eigenvalue weighted by molar-refractivity contribution is 0.628. The van der Waals surface area contributed by atoms with E-state index in [0.717, 1.165) is 0 Å². The zero-order chi connectivity index (χ0) is 8.97. The van der Waals surface area contributed by atoms with E-state index in [1.807, 2.05) is 0 Å². The molecule has 3 N–H and O–H groups in total. The number of rotatable bonds is 3. The van der Waals surface area contributed by atoms with Gasteiger partial charge in [-0.2, -0.15) is 0 Å². The second-order valence-corrected chi connectivity index (χ2v) is 2.75. The Kier molecular flexibility index (Phi) is 3.31. The molecule has 0 spiro atoms. The highest BCUT2D eigenvalue weighted by atomic mass is 35.5. The lowest BCUT2D eigenvalue weighted by Crippen LogP contribution is -2.13. The highest BCUT2D eigenvalue weighted by Gasteiger charge is 1.99. The van der Waals surface area contributed by atoms with Crippen molar-refractivity contribution in [1.29, 1.82) is 0 Å². The summed E-state index contributed by atoms with van der Waals surface area (Å²) in [6.07, 6.45) is 0. The van der Waals surface area contributed by atoms with Crippen LogP contribution < -0.4 is 11.1 Å². The van der Waals surface area contributed by atoms with Crippen LogP contribution in [0.15, 0.2) is 18.2 Å². The van der Waals surface area contributed by atoms with Crippen LogP contribution in [-0.2, 0) is 0 Å². The Morgan fingerprint density at radius 2 is 2.25 bits per heavy atom. The smallest absolute Gasteiger partial charge is 0.125 e. The zero-order valence-corrected chi connectivity index (χ0v) is 7.24. The summed E-state index contributed by atoms with van der Waals surface area (Å²) in [6, 6.07) is 4.17. The van der Waals surface area contributed by atoms with Crippen LogP contribution in [0.2, 0.25) is 5.02 Å². The first kappa shape index (κ1) is 9.29.